The molecule has 2 N–H and O–H groups in total. The number of nitrogens with zero attached hydrogens (tertiary/aromatic N) is 1. The lowest BCUT2D eigenvalue weighted by molar-refractivity contribution is 0.459. The Morgan fingerprint density at radius 3 is 2.50 bits per heavy atom. The molecule has 0 saturated heterocycles. The fourth-order valence-electron chi connectivity index (χ4n) is 2.58. The van der Waals surface area contributed by atoms with Gasteiger partial charge in [-0.2, -0.15) is 0 Å². The molecule has 1 aliphatic rings. The molecule has 0 radical (unpaired) electrons. The van der Waals surface area contributed by atoms with Crippen LogP contribution in [0.25, 0.3) is 11.3 Å². The van der Waals surface area contributed by atoms with Crippen LogP contribution in [0.3, 0.4) is 0 Å². The van der Waals surface area contributed by atoms with Gasteiger partial charge in [-0.3, -0.25) is 0 Å². The summed E-state index contributed by atoms with van der Waals surface area (Å²) < 4.78 is 0. The molecule has 18 heavy (non-hydrogen) atoms. The number of nitrogens with two attached hydrogens (primary N) is 1. The second-order valence-corrected chi connectivity index (χ2v) is 6.13. The van der Waals surface area contributed by atoms with Gasteiger partial charge < -0.3 is 5.73 Å². The van der Waals surface area contributed by atoms with Gasteiger partial charge in [-0.25, -0.2) is 4.98 Å². The number of hydrogen-bond acceptors (Lipinski definition) is 3. The topological polar surface area (TPSA) is 38.9 Å². The molecule has 0 amide bonds. The summed E-state index contributed by atoms with van der Waals surface area (Å²) >= 11 is 1.71. The van der Waals surface area contributed by atoms with Crippen LogP contribution >= 0.6 is 11.3 Å². The fraction of sp³-hybridized carbons (Fsp3) is 0.400. The van der Waals surface area contributed by atoms with Gasteiger partial charge in [0.1, 0.15) is 5.01 Å². The average Bonchev–Trinajstić information content (AvgIpc) is 2.99. The van der Waals surface area contributed by atoms with Crippen LogP contribution in [0, 0.1) is 6.92 Å². The molecule has 1 aromatic carbocycles. The third kappa shape index (κ3) is 2.08. The molecule has 2 aromatic rings. The minimum absolute atomic E-state index is 0.159. The van der Waals surface area contributed by atoms with Gasteiger partial charge in [0.2, 0.25) is 0 Å². The molecular formula is C15H18N2S. The highest BCUT2D eigenvalue weighted by atomic mass is 32.1. The second-order valence-electron chi connectivity index (χ2n) is 5.27. The quantitative estimate of drug-likeness (QED) is 0.888. The molecule has 0 unspecified atom stereocenters. The van der Waals surface area contributed by atoms with Crippen LogP contribution in [-0.2, 0) is 5.54 Å². The highest BCUT2D eigenvalue weighted by Crippen LogP contribution is 2.38. The lowest BCUT2D eigenvalue weighted by atomic mass is 10.0. The van der Waals surface area contributed by atoms with Crippen molar-refractivity contribution in [2.24, 2.45) is 5.73 Å². The monoisotopic (exact) mass is 258 g/mol. The summed E-state index contributed by atoms with van der Waals surface area (Å²) in [5.41, 5.74) is 9.81. The van der Waals surface area contributed by atoms with Crippen molar-refractivity contribution in [2.45, 2.75) is 38.1 Å². The van der Waals surface area contributed by atoms with E-state index in [-0.39, 0.29) is 5.54 Å². The van der Waals surface area contributed by atoms with E-state index in [4.69, 9.17) is 10.7 Å². The lowest BCUT2D eigenvalue weighted by Crippen LogP contribution is -2.32. The van der Waals surface area contributed by atoms with Crippen molar-refractivity contribution in [2.75, 3.05) is 0 Å². The maximum absolute atomic E-state index is 6.44. The number of aromatic nitrogens is 1. The van der Waals surface area contributed by atoms with E-state index in [2.05, 4.69) is 36.6 Å². The van der Waals surface area contributed by atoms with E-state index in [9.17, 15) is 0 Å². The average molecular weight is 258 g/mol. The molecular weight excluding hydrogens is 240 g/mol. The van der Waals surface area contributed by atoms with Gasteiger partial charge in [0.25, 0.3) is 0 Å². The number of thiazole rings is 1. The van der Waals surface area contributed by atoms with Crippen LogP contribution in [0.4, 0.5) is 0 Å². The molecule has 1 heterocycles. The normalized spacial score (nSPS) is 18.1. The van der Waals surface area contributed by atoms with E-state index < -0.39 is 0 Å². The third-order valence-corrected chi connectivity index (χ3v) is 4.84. The lowest BCUT2D eigenvalue weighted by Gasteiger charge is -2.19. The molecule has 0 aliphatic heterocycles. The molecule has 1 saturated carbocycles. The molecule has 1 fully saturated rings. The second kappa shape index (κ2) is 4.48. The Morgan fingerprint density at radius 1 is 1.17 bits per heavy atom. The maximum atomic E-state index is 6.44. The summed E-state index contributed by atoms with van der Waals surface area (Å²) in [4.78, 5) is 4.76. The van der Waals surface area contributed by atoms with E-state index in [1.807, 2.05) is 0 Å². The van der Waals surface area contributed by atoms with E-state index in [0.717, 1.165) is 23.5 Å². The van der Waals surface area contributed by atoms with E-state index in [1.54, 1.807) is 11.3 Å². The molecule has 0 atom stereocenters. The molecule has 3 heteroatoms. The minimum Gasteiger partial charge on any atom is -0.319 e. The van der Waals surface area contributed by atoms with Crippen LogP contribution in [0.5, 0.6) is 0 Å². The molecule has 94 valence electrons. The van der Waals surface area contributed by atoms with Crippen LogP contribution in [0.1, 0.15) is 36.3 Å². The van der Waals surface area contributed by atoms with Crippen molar-refractivity contribution in [3.05, 3.63) is 40.2 Å². The first-order valence-corrected chi connectivity index (χ1v) is 7.37. The Kier molecular flexibility index (Phi) is 2.96. The first kappa shape index (κ1) is 11.9. The Labute approximate surface area is 112 Å². The molecule has 3 rings (SSSR count). The Balaban J connectivity index is 1.91. The zero-order chi connectivity index (χ0) is 12.6. The van der Waals surface area contributed by atoms with Crippen molar-refractivity contribution >= 4 is 11.3 Å². The predicted molar refractivity (Wildman–Crippen MR) is 76.6 cm³/mol. The standard InChI is InChI=1S/C15H18N2S/c1-11-4-6-12(7-5-11)13-10-18-14(17-13)15(16)8-2-3-9-15/h4-7,10H,2-3,8-9,16H2,1H3. The minimum atomic E-state index is -0.159. The van der Waals surface area contributed by atoms with Crippen molar-refractivity contribution in [1.82, 2.24) is 4.98 Å². The fourth-order valence-corrected chi connectivity index (χ4v) is 3.58. The molecule has 0 spiro atoms. The molecule has 1 aromatic heterocycles. The van der Waals surface area contributed by atoms with Gasteiger partial charge in [0, 0.05) is 10.9 Å². The first-order chi connectivity index (χ1) is 8.67. The van der Waals surface area contributed by atoms with Crippen molar-refractivity contribution in [3.63, 3.8) is 0 Å². The zero-order valence-electron chi connectivity index (χ0n) is 10.6. The number of benzene rings is 1. The van der Waals surface area contributed by atoms with Gasteiger partial charge in [-0.05, 0) is 19.8 Å². The predicted octanol–water partition coefficient (Wildman–Crippen LogP) is 3.85. The van der Waals surface area contributed by atoms with E-state index in [0.29, 0.717) is 0 Å². The van der Waals surface area contributed by atoms with Gasteiger partial charge in [-0.1, -0.05) is 42.7 Å². The van der Waals surface area contributed by atoms with Crippen molar-refractivity contribution in [1.29, 1.82) is 0 Å². The molecule has 2 nitrogen and oxygen atoms in total. The molecule has 0 bridgehead atoms. The van der Waals surface area contributed by atoms with Crippen LogP contribution in [0.15, 0.2) is 29.6 Å². The highest BCUT2D eigenvalue weighted by molar-refractivity contribution is 7.10. The highest BCUT2D eigenvalue weighted by Gasteiger charge is 2.34. The number of hydrogen-bond donors (Lipinski definition) is 1. The summed E-state index contributed by atoms with van der Waals surface area (Å²) in [7, 11) is 0. The van der Waals surface area contributed by atoms with Gasteiger partial charge in [0.15, 0.2) is 0 Å². The smallest absolute Gasteiger partial charge is 0.113 e. The third-order valence-electron chi connectivity index (χ3n) is 3.77. The largest absolute Gasteiger partial charge is 0.319 e. The first-order valence-electron chi connectivity index (χ1n) is 6.49. The number of rotatable bonds is 2. The number of aryl methyl sites for hydroxylation is 1. The molecule has 1 aliphatic carbocycles. The Morgan fingerprint density at radius 2 is 1.83 bits per heavy atom. The van der Waals surface area contributed by atoms with Crippen LogP contribution < -0.4 is 5.73 Å². The Bertz CT molecular complexity index is 536. The SMILES string of the molecule is Cc1ccc(-c2csc(C3(N)CCCC3)n2)cc1. The van der Waals surface area contributed by atoms with E-state index in [1.165, 1.54) is 24.0 Å². The van der Waals surface area contributed by atoms with Gasteiger partial charge >= 0.3 is 0 Å². The zero-order valence-corrected chi connectivity index (χ0v) is 11.5. The van der Waals surface area contributed by atoms with Gasteiger partial charge in [-0.15, -0.1) is 11.3 Å². The van der Waals surface area contributed by atoms with Crippen molar-refractivity contribution < 1.29 is 0 Å². The van der Waals surface area contributed by atoms with Gasteiger partial charge in [0.05, 0.1) is 11.2 Å². The summed E-state index contributed by atoms with van der Waals surface area (Å²) in [6, 6.07) is 8.52. The Hall–Kier alpha value is -1.19. The summed E-state index contributed by atoms with van der Waals surface area (Å²) in [5.74, 6) is 0. The summed E-state index contributed by atoms with van der Waals surface area (Å²) in [6.07, 6.45) is 4.62. The van der Waals surface area contributed by atoms with Crippen molar-refractivity contribution in [3.8, 4) is 11.3 Å². The van der Waals surface area contributed by atoms with Crippen LogP contribution in [0.2, 0.25) is 0 Å². The maximum Gasteiger partial charge on any atom is 0.113 e. The van der Waals surface area contributed by atoms with Crippen LogP contribution in [-0.4, -0.2) is 4.98 Å². The summed E-state index contributed by atoms with van der Waals surface area (Å²) in [5, 5.41) is 3.24. The summed E-state index contributed by atoms with van der Waals surface area (Å²) in [6.45, 7) is 2.10. The van der Waals surface area contributed by atoms with E-state index >= 15 is 0 Å².